The fraction of sp³-hybridized carbons (Fsp3) is 0.494. The van der Waals surface area contributed by atoms with Gasteiger partial charge in [0.05, 0.1) is 69.6 Å². The first-order chi connectivity index (χ1) is 51.9. The Morgan fingerprint density at radius 3 is 1.47 bits per heavy atom. The lowest BCUT2D eigenvalue weighted by molar-refractivity contribution is -0.170. The minimum atomic E-state index is -1.05. The fourth-order valence-electron chi connectivity index (χ4n) is 9.46. The number of hydrogen-bond acceptors (Lipinski definition) is 19. The highest BCUT2D eigenvalue weighted by atomic mass is 16.6. The maximum absolute atomic E-state index is 12.3. The molecule has 1 amide bonds. The third-order valence-corrected chi connectivity index (χ3v) is 19.2. The van der Waals surface area contributed by atoms with E-state index in [1.807, 2.05) is 140 Å². The summed E-state index contributed by atoms with van der Waals surface area (Å²) < 4.78 is 35.5. The molecule has 23 heteroatoms. The SMILES string of the molecule is C=CC(=O)OCC1CCC(OC(=O)C(C)(C)CC)C(O)C1.C=CC(=O)OCCOC(=O)C(C)(C)CC.CCC(C)(C)C(=O)O.CCC(C)(C)C(=O)OCCOC(=O)CCC(=O)O.CCC(C)c1ccc(C(=O)Nc2nc3ccccc3[nH]2)cc1.CCC(C)c1ccccc1.CCN1c2ccccc2Oc2ccccc21. The Morgan fingerprint density at radius 1 is 0.564 bits per heavy atom. The number of H-pyrrole nitrogens is 1. The number of aromatic nitrogens is 2. The highest BCUT2D eigenvalue weighted by Crippen LogP contribution is 2.46. The molecular weight excluding hydrogens is 1400 g/mol. The van der Waals surface area contributed by atoms with Crippen LogP contribution in [0.2, 0.25) is 0 Å². The number of carboxylic acid groups (broad SMARTS) is 2. The zero-order valence-electron chi connectivity index (χ0n) is 67.9. The van der Waals surface area contributed by atoms with Gasteiger partial charge in [-0.1, -0.05) is 147 Å². The molecule has 1 fully saturated rings. The van der Waals surface area contributed by atoms with E-state index in [1.165, 1.54) is 17.5 Å². The number of aliphatic hydroxyl groups excluding tert-OH is 1. The van der Waals surface area contributed by atoms with Crippen molar-refractivity contribution in [1.82, 2.24) is 9.97 Å². The lowest BCUT2D eigenvalue weighted by Crippen LogP contribution is -2.41. The number of carbonyl (C=O) groups is 9. The summed E-state index contributed by atoms with van der Waals surface area (Å²) in [6, 6.07) is 42.4. The van der Waals surface area contributed by atoms with Crippen LogP contribution in [0.25, 0.3) is 11.0 Å². The van der Waals surface area contributed by atoms with Crippen LogP contribution in [0.4, 0.5) is 17.3 Å². The topological polar surface area (TPSA) is 323 Å². The number of fused-ring (bicyclic) bond motifs is 3. The van der Waals surface area contributed by atoms with Crippen LogP contribution >= 0.6 is 0 Å². The van der Waals surface area contributed by atoms with Gasteiger partial charge in [-0.3, -0.25) is 38.9 Å². The number of carbonyl (C=O) groups excluding carboxylic acids is 7. The third kappa shape index (κ3) is 34.2. The number of esters is 6. The molecule has 5 unspecified atom stereocenters. The minimum Gasteiger partial charge on any atom is -0.481 e. The van der Waals surface area contributed by atoms with Gasteiger partial charge in [-0.05, 0) is 198 Å². The number of aliphatic carboxylic acids is 2. The Morgan fingerprint density at radius 2 is 1.02 bits per heavy atom. The Kier molecular flexibility index (Phi) is 42.8. The summed E-state index contributed by atoms with van der Waals surface area (Å²) in [6.45, 7) is 40.7. The molecule has 110 heavy (non-hydrogen) atoms. The Labute approximate surface area is 651 Å². The molecule has 0 bridgehead atoms. The van der Waals surface area contributed by atoms with Crippen molar-refractivity contribution in [1.29, 1.82) is 0 Å². The number of aliphatic hydroxyl groups is 1. The second-order valence-corrected chi connectivity index (χ2v) is 29.0. The smallest absolute Gasteiger partial charge is 0.330 e. The third-order valence-electron chi connectivity index (χ3n) is 19.2. The highest BCUT2D eigenvalue weighted by molar-refractivity contribution is 6.04. The number of aromatic amines is 1. The van der Waals surface area contributed by atoms with Gasteiger partial charge < -0.3 is 58.4 Å². The van der Waals surface area contributed by atoms with E-state index in [2.05, 4.69) is 115 Å². The number of rotatable bonds is 29. The highest BCUT2D eigenvalue weighted by Gasteiger charge is 2.36. The van der Waals surface area contributed by atoms with Gasteiger partial charge in [0.2, 0.25) is 5.95 Å². The van der Waals surface area contributed by atoms with Crippen molar-refractivity contribution in [3.05, 3.63) is 169 Å². The maximum Gasteiger partial charge on any atom is 0.330 e. The first-order valence-corrected chi connectivity index (χ1v) is 37.9. The molecular formula is C87H122N4O19. The first kappa shape index (κ1) is 95.9. The van der Waals surface area contributed by atoms with Crippen molar-refractivity contribution >= 4 is 82.0 Å². The minimum absolute atomic E-state index is 0.0128. The number of benzene rings is 5. The van der Waals surface area contributed by atoms with Crippen LogP contribution in [0.3, 0.4) is 0 Å². The van der Waals surface area contributed by atoms with E-state index in [0.717, 1.165) is 65.4 Å². The predicted molar refractivity (Wildman–Crippen MR) is 429 cm³/mol. The van der Waals surface area contributed by atoms with E-state index in [0.29, 0.717) is 61.9 Å². The number of amides is 1. The van der Waals surface area contributed by atoms with Crippen molar-refractivity contribution in [2.45, 2.75) is 212 Å². The average molecular weight is 1530 g/mol. The van der Waals surface area contributed by atoms with Gasteiger partial charge in [-0.2, -0.15) is 0 Å². The normalized spacial score (nSPS) is 14.5. The lowest BCUT2D eigenvalue weighted by Gasteiger charge is -2.34. The van der Waals surface area contributed by atoms with E-state index >= 15 is 0 Å². The molecule has 1 aromatic heterocycles. The number of carboxylic acids is 2. The fourth-order valence-corrected chi connectivity index (χ4v) is 9.46. The lowest BCUT2D eigenvalue weighted by atomic mass is 9.85. The maximum atomic E-state index is 12.3. The molecule has 23 nitrogen and oxygen atoms in total. The predicted octanol–water partition coefficient (Wildman–Crippen LogP) is 18.3. The van der Waals surface area contributed by atoms with Gasteiger partial charge >= 0.3 is 47.8 Å². The van der Waals surface area contributed by atoms with Crippen molar-refractivity contribution in [3.8, 4) is 11.5 Å². The molecule has 6 aromatic rings. The molecule has 5 aromatic carbocycles. The molecule has 5 atom stereocenters. The number of imidazole rings is 1. The van der Waals surface area contributed by atoms with E-state index < -0.39 is 63.7 Å². The summed E-state index contributed by atoms with van der Waals surface area (Å²) in [4.78, 5) is 110. The van der Waals surface area contributed by atoms with Gasteiger partial charge in [-0.15, -0.1) is 0 Å². The van der Waals surface area contributed by atoms with Crippen LogP contribution in [0.15, 0.2) is 153 Å². The molecule has 8 rings (SSSR count). The van der Waals surface area contributed by atoms with E-state index in [1.54, 1.807) is 27.7 Å². The van der Waals surface area contributed by atoms with Crippen LogP contribution in [0, 0.1) is 27.6 Å². The van der Waals surface area contributed by atoms with Crippen LogP contribution in [-0.2, 0) is 66.8 Å². The van der Waals surface area contributed by atoms with Crippen molar-refractivity contribution in [2.24, 2.45) is 27.6 Å². The molecule has 0 radical (unpaired) electrons. The van der Waals surface area contributed by atoms with Crippen LogP contribution in [0.1, 0.15) is 222 Å². The van der Waals surface area contributed by atoms with Gasteiger partial charge in [0.15, 0.2) is 11.5 Å². The number of nitrogens with zero attached hydrogens (tertiary/aromatic N) is 2. The Bertz CT molecular complexity index is 3760. The standard InChI is InChI=1S/C18H19N3O.C16H26O5.C14H13NO.C12H20O6.C11H18O4.C10H14.C6H12O2/c1-3-12(2)13-8-10-14(11-9-13)17(22)21-18-19-15-6-4-5-7-16(15)20-18;1-5-14(18)20-10-11-7-8-13(12(17)9-11)21-15(19)16(3,4)6-2;1-2-15-11-7-3-5-9-13(11)16-14-10-6-4-8-12(14)15;1-4-12(2,3)11(16)18-8-7-17-10(15)6-5-9(13)14;1-5-9(12)14-7-8-15-10(13)11(3,4)6-2;1-3-9(2)10-7-5-4-6-8-10;1-4-6(2,3)5(7)8/h4-12H,3H2,1-2H3,(H2,19,20,21,22);5,11-13,17H,1,6-10H2,2-4H3;3-10H,2H2,1H3;4-8H2,1-3H3,(H,13,14);5H,1,6-8H2,2-4H3;4-9H,3H2,1-2H3;4H2,1-3H3,(H,7,8). The zero-order chi connectivity index (χ0) is 82.8. The summed E-state index contributed by atoms with van der Waals surface area (Å²) in [5, 5.41) is 29.7. The Hall–Kier alpha value is -10.2. The molecule has 0 saturated heterocycles. The van der Waals surface area contributed by atoms with Crippen molar-refractivity contribution < 1.29 is 91.6 Å². The quantitative estimate of drug-likeness (QED) is 0.0126. The number of para-hydroxylation sites is 6. The second kappa shape index (κ2) is 49.1. The van der Waals surface area contributed by atoms with Gasteiger partial charge in [0.25, 0.3) is 5.91 Å². The average Bonchev–Trinajstić information content (AvgIpc) is 1.34. The van der Waals surface area contributed by atoms with Crippen LogP contribution < -0.4 is 15.0 Å². The molecule has 2 aliphatic rings. The van der Waals surface area contributed by atoms with E-state index in [-0.39, 0.29) is 75.6 Å². The van der Waals surface area contributed by atoms with E-state index in [9.17, 15) is 48.3 Å². The van der Waals surface area contributed by atoms with Gasteiger partial charge in [0.1, 0.15) is 32.5 Å². The number of hydrogen-bond donors (Lipinski definition) is 5. The van der Waals surface area contributed by atoms with Crippen molar-refractivity contribution in [3.63, 3.8) is 0 Å². The molecule has 0 spiro atoms. The van der Waals surface area contributed by atoms with Gasteiger partial charge in [-0.25, -0.2) is 14.6 Å². The largest absolute Gasteiger partial charge is 0.481 e. The molecule has 5 N–H and O–H groups in total. The summed E-state index contributed by atoms with van der Waals surface area (Å²) >= 11 is 0. The van der Waals surface area contributed by atoms with Crippen LogP contribution in [0.5, 0.6) is 11.5 Å². The molecule has 1 aliphatic carbocycles. The number of anilines is 3. The second-order valence-electron chi connectivity index (χ2n) is 29.0. The molecule has 2 heterocycles. The number of nitrogens with one attached hydrogen (secondary N) is 2. The molecule has 1 aliphatic heterocycles. The monoisotopic (exact) mass is 1530 g/mol. The molecule has 1 saturated carbocycles. The summed E-state index contributed by atoms with van der Waals surface area (Å²) in [6.07, 6.45) is 7.44. The van der Waals surface area contributed by atoms with Crippen LogP contribution in [-0.4, -0.2) is 131 Å². The first-order valence-electron chi connectivity index (χ1n) is 37.9. The Balaban J connectivity index is 0.000000444. The summed E-state index contributed by atoms with van der Waals surface area (Å²) in [5.74, 6) is -0.753. The zero-order valence-corrected chi connectivity index (χ0v) is 67.9. The van der Waals surface area contributed by atoms with Gasteiger partial charge in [0, 0.05) is 24.3 Å². The number of ether oxygens (including phenoxy) is 7. The van der Waals surface area contributed by atoms with Crippen molar-refractivity contribution in [2.75, 3.05) is 49.8 Å². The summed E-state index contributed by atoms with van der Waals surface area (Å²) in [5.41, 5.74) is 5.26. The molecule has 604 valence electrons. The van der Waals surface area contributed by atoms with E-state index in [4.69, 9.17) is 38.6 Å². The summed E-state index contributed by atoms with van der Waals surface area (Å²) in [7, 11) is 0.